The molecule has 0 spiro atoms. The van der Waals surface area contributed by atoms with E-state index in [2.05, 4.69) is 5.32 Å². The summed E-state index contributed by atoms with van der Waals surface area (Å²) in [6.07, 6.45) is 5.12. The fraction of sp³-hybridized carbons (Fsp3) is 0.857. The third kappa shape index (κ3) is 2.36. The smallest absolute Gasteiger partial charge is 0.308 e. The Kier molecular flexibility index (Phi) is 3.48. The molecule has 5 heteroatoms. The Balaban J connectivity index is 1.65. The molecule has 5 nitrogen and oxygen atoms in total. The number of carboxylic acids is 1. The van der Waals surface area contributed by atoms with Crippen molar-refractivity contribution in [3.05, 3.63) is 0 Å². The first-order valence-corrected chi connectivity index (χ1v) is 7.42. The first kappa shape index (κ1) is 12.9. The molecule has 2 aliphatic heterocycles. The van der Waals surface area contributed by atoms with Gasteiger partial charge in [0.15, 0.2) is 0 Å². The van der Waals surface area contributed by atoms with Crippen LogP contribution in [0.15, 0.2) is 0 Å². The van der Waals surface area contributed by atoms with E-state index in [9.17, 15) is 9.59 Å². The number of hydrogen-bond donors (Lipinski definition) is 2. The fourth-order valence-corrected chi connectivity index (χ4v) is 4.03. The zero-order chi connectivity index (χ0) is 13.4. The Morgan fingerprint density at radius 2 is 2.00 bits per heavy atom. The van der Waals surface area contributed by atoms with Crippen LogP contribution >= 0.6 is 0 Å². The number of nitrogens with one attached hydrogen (secondary N) is 1. The van der Waals surface area contributed by atoms with Crippen LogP contribution in [0, 0.1) is 17.8 Å². The van der Waals surface area contributed by atoms with Crippen molar-refractivity contribution in [3.63, 3.8) is 0 Å². The van der Waals surface area contributed by atoms with Crippen LogP contribution in [0.3, 0.4) is 0 Å². The standard InChI is InChI=1S/C14H22N2O3/c17-13(12-11-5-1-3-9(11)7-15-12)16-6-2-4-10(8-16)14(18)19/h9-12,15H,1-8H2,(H,18,19)/t9?,10-,11?,12?/m1/s1. The summed E-state index contributed by atoms with van der Waals surface area (Å²) >= 11 is 0. The van der Waals surface area contributed by atoms with Crippen molar-refractivity contribution >= 4 is 11.9 Å². The van der Waals surface area contributed by atoms with E-state index >= 15 is 0 Å². The van der Waals surface area contributed by atoms with Crippen LogP contribution in [0.2, 0.25) is 0 Å². The molecule has 0 radical (unpaired) electrons. The highest BCUT2D eigenvalue weighted by molar-refractivity contribution is 5.83. The van der Waals surface area contributed by atoms with E-state index in [1.54, 1.807) is 4.90 Å². The van der Waals surface area contributed by atoms with Gasteiger partial charge < -0.3 is 15.3 Å². The van der Waals surface area contributed by atoms with Gasteiger partial charge in [0.05, 0.1) is 12.0 Å². The van der Waals surface area contributed by atoms with Gasteiger partial charge in [0.2, 0.25) is 5.91 Å². The molecular weight excluding hydrogens is 244 g/mol. The lowest BCUT2D eigenvalue weighted by Crippen LogP contribution is -2.50. The molecule has 0 bridgehead atoms. The van der Waals surface area contributed by atoms with E-state index in [1.807, 2.05) is 0 Å². The summed E-state index contributed by atoms with van der Waals surface area (Å²) in [4.78, 5) is 25.4. The summed E-state index contributed by atoms with van der Waals surface area (Å²) in [5.74, 6) is 0.140. The van der Waals surface area contributed by atoms with Gasteiger partial charge >= 0.3 is 5.97 Å². The molecule has 0 aromatic heterocycles. The first-order chi connectivity index (χ1) is 9.16. The number of carboxylic acid groups (broad SMARTS) is 1. The number of likely N-dealkylation sites (tertiary alicyclic amines) is 1. The lowest BCUT2D eigenvalue weighted by atomic mass is 9.92. The van der Waals surface area contributed by atoms with Crippen LogP contribution in [0.25, 0.3) is 0 Å². The Morgan fingerprint density at radius 1 is 1.16 bits per heavy atom. The van der Waals surface area contributed by atoms with Gasteiger partial charge in [-0.05, 0) is 44.1 Å². The first-order valence-electron chi connectivity index (χ1n) is 7.42. The Morgan fingerprint density at radius 3 is 2.79 bits per heavy atom. The van der Waals surface area contributed by atoms with Crippen molar-refractivity contribution in [2.75, 3.05) is 19.6 Å². The predicted octanol–water partition coefficient (Wildman–Crippen LogP) is 0.698. The Bertz CT molecular complexity index is 385. The van der Waals surface area contributed by atoms with Gasteiger partial charge in [-0.3, -0.25) is 9.59 Å². The van der Waals surface area contributed by atoms with Crippen molar-refractivity contribution in [2.45, 2.75) is 38.1 Å². The van der Waals surface area contributed by atoms with Crippen molar-refractivity contribution in [2.24, 2.45) is 17.8 Å². The van der Waals surface area contributed by atoms with E-state index in [1.165, 1.54) is 12.8 Å². The molecular formula is C14H22N2O3. The second-order valence-corrected chi connectivity index (χ2v) is 6.20. The Labute approximate surface area is 113 Å². The molecule has 3 aliphatic rings. The van der Waals surface area contributed by atoms with Crippen molar-refractivity contribution < 1.29 is 14.7 Å². The fourth-order valence-electron chi connectivity index (χ4n) is 4.03. The maximum Gasteiger partial charge on any atom is 0.308 e. The van der Waals surface area contributed by atoms with Crippen LogP contribution in [0.5, 0.6) is 0 Å². The maximum absolute atomic E-state index is 12.6. The minimum absolute atomic E-state index is 0.0555. The lowest BCUT2D eigenvalue weighted by molar-refractivity contribution is -0.146. The lowest BCUT2D eigenvalue weighted by Gasteiger charge is -2.33. The minimum atomic E-state index is -0.768. The minimum Gasteiger partial charge on any atom is -0.481 e. The molecule has 3 fully saturated rings. The summed E-state index contributed by atoms with van der Waals surface area (Å²) in [5.41, 5.74) is 0. The van der Waals surface area contributed by atoms with E-state index in [-0.39, 0.29) is 17.9 Å². The van der Waals surface area contributed by atoms with Crippen LogP contribution < -0.4 is 5.32 Å². The molecule has 3 unspecified atom stereocenters. The number of rotatable bonds is 2. The van der Waals surface area contributed by atoms with Crippen molar-refractivity contribution in [1.29, 1.82) is 0 Å². The number of carbonyl (C=O) groups excluding carboxylic acids is 1. The van der Waals surface area contributed by atoms with Gasteiger partial charge in [0.25, 0.3) is 0 Å². The predicted molar refractivity (Wildman–Crippen MR) is 69.6 cm³/mol. The second kappa shape index (κ2) is 5.12. The zero-order valence-corrected chi connectivity index (χ0v) is 11.2. The molecule has 1 saturated carbocycles. The van der Waals surface area contributed by atoms with Crippen LogP contribution in [0.4, 0.5) is 0 Å². The molecule has 0 aromatic rings. The molecule has 19 heavy (non-hydrogen) atoms. The van der Waals surface area contributed by atoms with Crippen LogP contribution in [-0.2, 0) is 9.59 Å². The molecule has 2 saturated heterocycles. The SMILES string of the molecule is O=C(O)[C@@H]1CCCN(C(=O)C2NCC3CCCC32)C1. The molecule has 1 aliphatic carbocycles. The van der Waals surface area contributed by atoms with E-state index in [0.717, 1.165) is 25.9 Å². The molecule has 2 heterocycles. The number of nitrogens with zero attached hydrogens (tertiary/aromatic N) is 1. The van der Waals surface area contributed by atoms with Gasteiger partial charge in [-0.25, -0.2) is 0 Å². The maximum atomic E-state index is 12.6. The average Bonchev–Trinajstić information content (AvgIpc) is 3.00. The highest BCUT2D eigenvalue weighted by atomic mass is 16.4. The molecule has 2 N–H and O–H groups in total. The third-order valence-corrected chi connectivity index (χ3v) is 5.09. The number of amides is 1. The molecule has 106 valence electrons. The highest BCUT2D eigenvalue weighted by Gasteiger charge is 2.44. The second-order valence-electron chi connectivity index (χ2n) is 6.20. The van der Waals surface area contributed by atoms with E-state index in [0.29, 0.717) is 24.8 Å². The van der Waals surface area contributed by atoms with Gasteiger partial charge in [-0.15, -0.1) is 0 Å². The van der Waals surface area contributed by atoms with Gasteiger partial charge in [-0.2, -0.15) is 0 Å². The number of carbonyl (C=O) groups is 2. The number of hydrogen-bond acceptors (Lipinski definition) is 3. The summed E-state index contributed by atoms with van der Waals surface area (Å²) in [7, 11) is 0. The van der Waals surface area contributed by atoms with E-state index in [4.69, 9.17) is 5.11 Å². The number of aliphatic carboxylic acids is 1. The quantitative estimate of drug-likeness (QED) is 0.772. The summed E-state index contributed by atoms with van der Waals surface area (Å²) in [5, 5.41) is 12.5. The average molecular weight is 266 g/mol. The van der Waals surface area contributed by atoms with Crippen molar-refractivity contribution in [3.8, 4) is 0 Å². The Hall–Kier alpha value is -1.10. The largest absolute Gasteiger partial charge is 0.481 e. The summed E-state index contributed by atoms with van der Waals surface area (Å²) in [6, 6.07) is -0.0555. The normalized spacial score (nSPS) is 38.2. The molecule has 0 aromatic carbocycles. The molecule has 3 rings (SSSR count). The topological polar surface area (TPSA) is 69.6 Å². The number of fused-ring (bicyclic) bond motifs is 1. The van der Waals surface area contributed by atoms with E-state index < -0.39 is 5.97 Å². The monoisotopic (exact) mass is 266 g/mol. The molecule has 1 amide bonds. The van der Waals surface area contributed by atoms with Gasteiger partial charge in [0, 0.05) is 13.1 Å². The third-order valence-electron chi connectivity index (χ3n) is 5.09. The number of piperidine rings is 1. The zero-order valence-electron chi connectivity index (χ0n) is 11.2. The van der Waals surface area contributed by atoms with Gasteiger partial charge in [-0.1, -0.05) is 6.42 Å². The summed E-state index contributed by atoms with van der Waals surface area (Å²) in [6.45, 7) is 2.07. The van der Waals surface area contributed by atoms with Gasteiger partial charge in [0.1, 0.15) is 0 Å². The highest BCUT2D eigenvalue weighted by Crippen LogP contribution is 2.38. The van der Waals surface area contributed by atoms with Crippen molar-refractivity contribution in [1.82, 2.24) is 10.2 Å². The summed E-state index contributed by atoms with van der Waals surface area (Å²) < 4.78 is 0. The van der Waals surface area contributed by atoms with Crippen LogP contribution in [0.1, 0.15) is 32.1 Å². The van der Waals surface area contributed by atoms with Crippen LogP contribution in [-0.4, -0.2) is 47.6 Å². The molecule has 4 atom stereocenters.